The van der Waals surface area contributed by atoms with Crippen LogP contribution >= 0.6 is 0 Å². The molecule has 0 bridgehead atoms. The minimum absolute atomic E-state index is 0.211. The maximum Gasteiger partial charge on any atom is 0.416 e. The number of rotatable bonds is 3. The van der Waals surface area contributed by atoms with E-state index < -0.39 is 11.7 Å². The van der Waals surface area contributed by atoms with E-state index in [0.717, 1.165) is 24.6 Å². The average Bonchev–Trinajstić information content (AvgIpc) is 3.10. The van der Waals surface area contributed by atoms with E-state index in [1.165, 1.54) is 44.6 Å². The highest BCUT2D eigenvalue weighted by Crippen LogP contribution is 2.36. The minimum Gasteiger partial charge on any atom is -0.338 e. The molecule has 1 aromatic carbocycles. The van der Waals surface area contributed by atoms with E-state index in [4.69, 9.17) is 4.52 Å². The number of likely N-dealkylation sites (tertiary alicyclic amines) is 1. The summed E-state index contributed by atoms with van der Waals surface area (Å²) in [5, 5.41) is 3.90. The normalized spacial score (nSPS) is 24.4. The van der Waals surface area contributed by atoms with Crippen molar-refractivity contribution in [3.8, 4) is 11.4 Å². The Morgan fingerprint density at radius 3 is 2.77 bits per heavy atom. The Balaban J connectivity index is 1.50. The first-order valence-electron chi connectivity index (χ1n) is 9.25. The van der Waals surface area contributed by atoms with E-state index in [-0.39, 0.29) is 5.82 Å². The zero-order valence-corrected chi connectivity index (χ0v) is 14.5. The van der Waals surface area contributed by atoms with Crippen LogP contribution in [0, 0.1) is 5.92 Å². The van der Waals surface area contributed by atoms with Crippen LogP contribution in [-0.2, 0) is 12.7 Å². The molecule has 1 aliphatic heterocycles. The molecular formula is C19H22F3N3O. The molecule has 2 aromatic rings. The summed E-state index contributed by atoms with van der Waals surface area (Å²) in [7, 11) is 0. The molecule has 2 unspecified atom stereocenters. The molecule has 2 fully saturated rings. The highest BCUT2D eigenvalue weighted by molar-refractivity contribution is 5.55. The SMILES string of the molecule is FC(F)(F)c1cccc(-c2noc(CN3CCCC4CCCCC43)n2)c1. The van der Waals surface area contributed by atoms with Crippen LogP contribution in [-0.4, -0.2) is 27.6 Å². The predicted octanol–water partition coefficient (Wildman–Crippen LogP) is 4.91. The first-order valence-corrected chi connectivity index (χ1v) is 9.25. The van der Waals surface area contributed by atoms with Crippen molar-refractivity contribution in [3.05, 3.63) is 35.7 Å². The van der Waals surface area contributed by atoms with Crippen LogP contribution in [0.15, 0.2) is 28.8 Å². The Bertz CT molecular complexity index is 756. The molecule has 1 aromatic heterocycles. The molecule has 1 saturated carbocycles. The van der Waals surface area contributed by atoms with Gasteiger partial charge >= 0.3 is 6.18 Å². The molecule has 140 valence electrons. The van der Waals surface area contributed by atoms with Gasteiger partial charge in [-0.2, -0.15) is 18.2 Å². The number of alkyl halides is 3. The van der Waals surface area contributed by atoms with Crippen molar-refractivity contribution >= 4 is 0 Å². The van der Waals surface area contributed by atoms with Crippen molar-refractivity contribution in [1.29, 1.82) is 0 Å². The largest absolute Gasteiger partial charge is 0.416 e. The second kappa shape index (κ2) is 7.02. The third-order valence-corrected chi connectivity index (χ3v) is 5.61. The van der Waals surface area contributed by atoms with Gasteiger partial charge in [0.25, 0.3) is 0 Å². The zero-order valence-electron chi connectivity index (χ0n) is 14.5. The number of aromatic nitrogens is 2. The van der Waals surface area contributed by atoms with E-state index in [0.29, 0.717) is 24.0 Å². The molecule has 7 heteroatoms. The van der Waals surface area contributed by atoms with Crippen LogP contribution in [0.1, 0.15) is 50.0 Å². The molecule has 4 nitrogen and oxygen atoms in total. The Hall–Kier alpha value is -1.89. The van der Waals surface area contributed by atoms with Gasteiger partial charge in [-0.25, -0.2) is 0 Å². The lowest BCUT2D eigenvalue weighted by atomic mass is 9.78. The van der Waals surface area contributed by atoms with Gasteiger partial charge in [0.05, 0.1) is 12.1 Å². The van der Waals surface area contributed by atoms with Gasteiger partial charge in [-0.05, 0) is 50.3 Å². The smallest absolute Gasteiger partial charge is 0.338 e. The molecule has 0 N–H and O–H groups in total. The number of fused-ring (bicyclic) bond motifs is 1. The maximum absolute atomic E-state index is 12.9. The lowest BCUT2D eigenvalue weighted by molar-refractivity contribution is -0.137. The second-order valence-electron chi connectivity index (χ2n) is 7.31. The molecular weight excluding hydrogens is 343 g/mol. The number of hydrogen-bond donors (Lipinski definition) is 0. The number of piperidine rings is 1. The van der Waals surface area contributed by atoms with Crippen molar-refractivity contribution in [3.63, 3.8) is 0 Å². The van der Waals surface area contributed by atoms with Crippen molar-refractivity contribution in [2.75, 3.05) is 6.54 Å². The zero-order chi connectivity index (χ0) is 18.1. The van der Waals surface area contributed by atoms with Crippen molar-refractivity contribution in [2.45, 2.75) is 57.3 Å². The van der Waals surface area contributed by atoms with E-state index >= 15 is 0 Å². The van der Waals surface area contributed by atoms with Crippen LogP contribution in [0.4, 0.5) is 13.2 Å². The lowest BCUT2D eigenvalue weighted by Gasteiger charge is -2.43. The van der Waals surface area contributed by atoms with Crippen LogP contribution in [0.25, 0.3) is 11.4 Å². The molecule has 1 saturated heterocycles. The van der Waals surface area contributed by atoms with E-state index in [1.54, 1.807) is 6.07 Å². The quantitative estimate of drug-likeness (QED) is 0.775. The monoisotopic (exact) mass is 365 g/mol. The molecule has 0 spiro atoms. The molecule has 2 atom stereocenters. The average molecular weight is 365 g/mol. The number of nitrogens with zero attached hydrogens (tertiary/aromatic N) is 3. The summed E-state index contributed by atoms with van der Waals surface area (Å²) in [4.78, 5) is 6.76. The van der Waals surface area contributed by atoms with Crippen LogP contribution in [0.2, 0.25) is 0 Å². The van der Waals surface area contributed by atoms with Gasteiger partial charge in [0.15, 0.2) is 0 Å². The Kier molecular flexibility index (Phi) is 4.73. The van der Waals surface area contributed by atoms with Gasteiger partial charge in [0.1, 0.15) is 0 Å². The highest BCUT2D eigenvalue weighted by Gasteiger charge is 2.34. The van der Waals surface area contributed by atoms with Gasteiger partial charge in [-0.1, -0.05) is 30.1 Å². The van der Waals surface area contributed by atoms with E-state index in [2.05, 4.69) is 15.0 Å². The van der Waals surface area contributed by atoms with Gasteiger partial charge in [-0.15, -0.1) is 0 Å². The minimum atomic E-state index is -4.38. The number of hydrogen-bond acceptors (Lipinski definition) is 4. The van der Waals surface area contributed by atoms with Gasteiger partial charge in [-0.3, -0.25) is 4.90 Å². The fourth-order valence-corrected chi connectivity index (χ4v) is 4.37. The number of halogens is 3. The van der Waals surface area contributed by atoms with E-state index in [1.807, 2.05) is 0 Å². The van der Waals surface area contributed by atoms with Crippen molar-refractivity contribution in [1.82, 2.24) is 15.0 Å². The molecule has 26 heavy (non-hydrogen) atoms. The standard InChI is InChI=1S/C19H22F3N3O/c20-19(21,22)15-8-3-6-14(11-15)18-23-17(26-24-18)12-25-10-4-7-13-5-1-2-9-16(13)25/h3,6,8,11,13,16H,1-2,4-5,7,9-10,12H2. The Morgan fingerprint density at radius 2 is 1.92 bits per heavy atom. The van der Waals surface area contributed by atoms with Crippen LogP contribution < -0.4 is 0 Å². The molecule has 0 amide bonds. The molecule has 2 heterocycles. The lowest BCUT2D eigenvalue weighted by Crippen LogP contribution is -2.46. The first-order chi connectivity index (χ1) is 12.5. The summed E-state index contributed by atoms with van der Waals surface area (Å²) in [6, 6.07) is 5.61. The third kappa shape index (κ3) is 3.63. The Labute approximate surface area is 150 Å². The summed E-state index contributed by atoms with van der Waals surface area (Å²) in [5.41, 5.74) is -0.383. The topological polar surface area (TPSA) is 42.2 Å². The summed E-state index contributed by atoms with van der Waals surface area (Å²) < 4.78 is 44.0. The van der Waals surface area contributed by atoms with Crippen LogP contribution in [0.3, 0.4) is 0 Å². The highest BCUT2D eigenvalue weighted by atomic mass is 19.4. The third-order valence-electron chi connectivity index (χ3n) is 5.61. The summed E-state index contributed by atoms with van der Waals surface area (Å²) in [6.45, 7) is 1.59. The number of benzene rings is 1. The maximum atomic E-state index is 12.9. The molecule has 4 rings (SSSR count). The molecule has 0 radical (unpaired) electrons. The first kappa shape index (κ1) is 17.5. The van der Waals surface area contributed by atoms with E-state index in [9.17, 15) is 13.2 Å². The van der Waals surface area contributed by atoms with Gasteiger partial charge < -0.3 is 4.52 Å². The molecule has 2 aliphatic rings. The van der Waals surface area contributed by atoms with Gasteiger partial charge in [0.2, 0.25) is 11.7 Å². The fourth-order valence-electron chi connectivity index (χ4n) is 4.37. The fraction of sp³-hybridized carbons (Fsp3) is 0.579. The summed E-state index contributed by atoms with van der Waals surface area (Å²) >= 11 is 0. The predicted molar refractivity (Wildman–Crippen MR) is 90.1 cm³/mol. The van der Waals surface area contributed by atoms with Crippen LogP contribution in [0.5, 0.6) is 0 Å². The van der Waals surface area contributed by atoms with Crippen molar-refractivity contribution < 1.29 is 17.7 Å². The summed E-state index contributed by atoms with van der Waals surface area (Å²) in [5.74, 6) is 1.44. The summed E-state index contributed by atoms with van der Waals surface area (Å²) in [6.07, 6.45) is 3.16. The van der Waals surface area contributed by atoms with Gasteiger partial charge in [0, 0.05) is 11.6 Å². The Morgan fingerprint density at radius 1 is 1.12 bits per heavy atom. The molecule has 1 aliphatic carbocycles. The second-order valence-corrected chi connectivity index (χ2v) is 7.31. The van der Waals surface area contributed by atoms with Crippen molar-refractivity contribution in [2.24, 2.45) is 5.92 Å².